The van der Waals surface area contributed by atoms with Crippen molar-refractivity contribution in [1.82, 2.24) is 10.1 Å². The van der Waals surface area contributed by atoms with Crippen LogP contribution in [-0.4, -0.2) is 22.6 Å². The number of carbonyl (C=O) groups excluding carboxylic acids is 1. The van der Waals surface area contributed by atoms with Crippen LogP contribution in [0.25, 0.3) is 11.5 Å². The summed E-state index contributed by atoms with van der Waals surface area (Å²) in [5, 5.41) is 3.92. The molecule has 1 aromatic heterocycles. The molecule has 0 radical (unpaired) electrons. The topological polar surface area (TPSA) is 59.2 Å². The zero-order valence-corrected chi connectivity index (χ0v) is 13.9. The number of rotatable bonds is 3. The first-order valence-corrected chi connectivity index (χ1v) is 8.18. The van der Waals surface area contributed by atoms with Crippen molar-refractivity contribution in [1.29, 1.82) is 0 Å². The summed E-state index contributed by atoms with van der Waals surface area (Å²) in [5.41, 5.74) is 1.33. The molecule has 1 saturated heterocycles. The molecule has 5 nitrogen and oxygen atoms in total. The molecule has 2 heterocycles. The van der Waals surface area contributed by atoms with Gasteiger partial charge in [-0.3, -0.25) is 4.79 Å². The van der Waals surface area contributed by atoms with Gasteiger partial charge in [0.05, 0.1) is 5.56 Å². The van der Waals surface area contributed by atoms with Crippen molar-refractivity contribution in [2.45, 2.75) is 19.3 Å². The molecule has 1 amide bonds. The smallest absolute Gasteiger partial charge is 0.260 e. The van der Waals surface area contributed by atoms with Crippen LogP contribution >= 0.6 is 0 Å². The Morgan fingerprint density at radius 2 is 1.96 bits per heavy atom. The maximum Gasteiger partial charge on any atom is 0.260 e. The largest absolute Gasteiger partial charge is 0.334 e. The van der Waals surface area contributed by atoms with Gasteiger partial charge in [-0.25, -0.2) is 8.78 Å². The normalized spacial score (nSPS) is 17.1. The number of aromatic nitrogens is 2. The Kier molecular flexibility index (Phi) is 3.99. The number of aryl methyl sites for hydroxylation is 1. The van der Waals surface area contributed by atoms with Gasteiger partial charge in [-0.2, -0.15) is 4.98 Å². The third-order valence-electron chi connectivity index (χ3n) is 4.49. The number of nitrogens with zero attached hydrogens (tertiary/aromatic N) is 3. The van der Waals surface area contributed by atoms with E-state index < -0.39 is 5.82 Å². The first-order valence-electron chi connectivity index (χ1n) is 8.18. The summed E-state index contributed by atoms with van der Waals surface area (Å²) >= 11 is 0. The fourth-order valence-electron chi connectivity index (χ4n) is 3.07. The SMILES string of the molecule is Cc1cc(N2CC(c3noc(-c4ccccc4F)n3)CC2=O)ccc1F. The molecular formula is C19H15F2N3O2. The van der Waals surface area contributed by atoms with Gasteiger partial charge < -0.3 is 9.42 Å². The second-order valence-electron chi connectivity index (χ2n) is 6.28. The minimum Gasteiger partial charge on any atom is -0.334 e. The minimum atomic E-state index is -0.450. The van der Waals surface area contributed by atoms with Gasteiger partial charge in [-0.15, -0.1) is 0 Å². The molecule has 0 aliphatic carbocycles. The van der Waals surface area contributed by atoms with E-state index in [-0.39, 0.29) is 35.5 Å². The lowest BCUT2D eigenvalue weighted by molar-refractivity contribution is -0.117. The lowest BCUT2D eigenvalue weighted by Crippen LogP contribution is -2.24. The lowest BCUT2D eigenvalue weighted by Gasteiger charge is -2.16. The van der Waals surface area contributed by atoms with E-state index in [0.29, 0.717) is 23.6 Å². The highest BCUT2D eigenvalue weighted by Crippen LogP contribution is 2.32. The van der Waals surface area contributed by atoms with E-state index in [4.69, 9.17) is 4.52 Å². The molecular weight excluding hydrogens is 340 g/mol. The molecule has 0 bridgehead atoms. The summed E-state index contributed by atoms with van der Waals surface area (Å²) in [7, 11) is 0. The molecule has 1 unspecified atom stereocenters. The predicted molar refractivity (Wildman–Crippen MR) is 90.5 cm³/mol. The Morgan fingerprint density at radius 3 is 2.73 bits per heavy atom. The number of hydrogen-bond acceptors (Lipinski definition) is 4. The highest BCUT2D eigenvalue weighted by molar-refractivity contribution is 5.96. The zero-order chi connectivity index (χ0) is 18.3. The quantitative estimate of drug-likeness (QED) is 0.716. The van der Waals surface area contributed by atoms with Crippen LogP contribution in [0.15, 0.2) is 47.0 Å². The maximum atomic E-state index is 13.9. The molecule has 7 heteroatoms. The van der Waals surface area contributed by atoms with Gasteiger partial charge >= 0.3 is 0 Å². The van der Waals surface area contributed by atoms with Crippen molar-refractivity contribution in [2.75, 3.05) is 11.4 Å². The lowest BCUT2D eigenvalue weighted by atomic mass is 10.1. The minimum absolute atomic E-state index is 0.0848. The summed E-state index contributed by atoms with van der Waals surface area (Å²) in [6.07, 6.45) is 0.215. The van der Waals surface area contributed by atoms with E-state index in [2.05, 4.69) is 10.1 Å². The molecule has 1 fully saturated rings. The van der Waals surface area contributed by atoms with E-state index in [1.165, 1.54) is 12.1 Å². The van der Waals surface area contributed by atoms with Crippen LogP contribution in [0.4, 0.5) is 14.5 Å². The second kappa shape index (κ2) is 6.33. The van der Waals surface area contributed by atoms with Crippen LogP contribution in [0.5, 0.6) is 0 Å². The Hall–Kier alpha value is -3.09. The summed E-state index contributed by atoms with van der Waals surface area (Å²) in [6, 6.07) is 10.7. The second-order valence-corrected chi connectivity index (χ2v) is 6.28. The number of anilines is 1. The Morgan fingerprint density at radius 1 is 1.15 bits per heavy atom. The van der Waals surface area contributed by atoms with Crippen LogP contribution in [0, 0.1) is 18.6 Å². The van der Waals surface area contributed by atoms with Crippen LogP contribution < -0.4 is 4.90 Å². The van der Waals surface area contributed by atoms with Gasteiger partial charge in [0.1, 0.15) is 11.6 Å². The molecule has 132 valence electrons. The molecule has 3 aromatic rings. The monoisotopic (exact) mass is 355 g/mol. The van der Waals surface area contributed by atoms with Crippen LogP contribution in [0.1, 0.15) is 23.7 Å². The first kappa shape index (κ1) is 16.4. The van der Waals surface area contributed by atoms with Crippen molar-refractivity contribution in [3.8, 4) is 11.5 Å². The summed E-state index contributed by atoms with van der Waals surface area (Å²) in [5.74, 6) is -0.687. The predicted octanol–water partition coefficient (Wildman–Crippen LogP) is 3.84. The van der Waals surface area contributed by atoms with E-state index in [1.54, 1.807) is 42.2 Å². The van der Waals surface area contributed by atoms with Gasteiger partial charge in [0.25, 0.3) is 5.89 Å². The molecule has 26 heavy (non-hydrogen) atoms. The number of benzene rings is 2. The Labute approximate surface area is 148 Å². The van der Waals surface area contributed by atoms with Crippen LogP contribution in [-0.2, 0) is 4.79 Å². The summed E-state index contributed by atoms with van der Waals surface area (Å²) in [4.78, 5) is 18.2. The number of halogens is 2. The van der Waals surface area contributed by atoms with Gasteiger partial charge in [0, 0.05) is 24.6 Å². The highest BCUT2D eigenvalue weighted by Gasteiger charge is 2.35. The molecule has 1 aliphatic rings. The third-order valence-corrected chi connectivity index (χ3v) is 4.49. The third kappa shape index (κ3) is 2.85. The van der Waals surface area contributed by atoms with Crippen molar-refractivity contribution in [2.24, 2.45) is 0 Å². The first-order chi connectivity index (χ1) is 12.5. The fraction of sp³-hybridized carbons (Fsp3) is 0.211. The average molecular weight is 355 g/mol. The van der Waals surface area contributed by atoms with Crippen molar-refractivity contribution in [3.63, 3.8) is 0 Å². The van der Waals surface area contributed by atoms with E-state index in [0.717, 1.165) is 0 Å². The molecule has 4 rings (SSSR count). The van der Waals surface area contributed by atoms with Crippen molar-refractivity contribution >= 4 is 11.6 Å². The van der Waals surface area contributed by atoms with Crippen molar-refractivity contribution in [3.05, 3.63) is 65.5 Å². The zero-order valence-electron chi connectivity index (χ0n) is 13.9. The molecule has 1 aliphatic heterocycles. The molecule has 0 N–H and O–H groups in total. The Balaban J connectivity index is 1.58. The molecule has 0 spiro atoms. The molecule has 2 aromatic carbocycles. The number of hydrogen-bond donors (Lipinski definition) is 0. The van der Waals surface area contributed by atoms with Gasteiger partial charge in [-0.05, 0) is 42.8 Å². The van der Waals surface area contributed by atoms with Crippen LogP contribution in [0.3, 0.4) is 0 Å². The fourth-order valence-corrected chi connectivity index (χ4v) is 3.07. The number of carbonyl (C=O) groups is 1. The van der Waals surface area contributed by atoms with E-state index >= 15 is 0 Å². The van der Waals surface area contributed by atoms with Crippen LogP contribution in [0.2, 0.25) is 0 Å². The Bertz CT molecular complexity index is 986. The summed E-state index contributed by atoms with van der Waals surface area (Å²) in [6.45, 7) is 2.01. The number of amides is 1. The standard InChI is InChI=1S/C19H15F2N3O2/c1-11-8-13(6-7-15(11)20)24-10-12(9-17(24)25)18-22-19(26-23-18)14-4-2-3-5-16(14)21/h2-8,12H,9-10H2,1H3. The average Bonchev–Trinajstić information content (AvgIpc) is 3.25. The van der Waals surface area contributed by atoms with Gasteiger partial charge in [0.2, 0.25) is 5.91 Å². The maximum absolute atomic E-state index is 13.9. The van der Waals surface area contributed by atoms with Crippen molar-refractivity contribution < 1.29 is 18.1 Å². The molecule has 0 saturated carbocycles. The van der Waals surface area contributed by atoms with Gasteiger partial charge in [-0.1, -0.05) is 17.3 Å². The van der Waals surface area contributed by atoms with E-state index in [9.17, 15) is 13.6 Å². The van der Waals surface area contributed by atoms with Gasteiger partial charge in [0.15, 0.2) is 5.82 Å². The summed E-state index contributed by atoms with van der Waals surface area (Å²) < 4.78 is 32.5. The highest BCUT2D eigenvalue weighted by atomic mass is 19.1. The molecule has 1 atom stereocenters. The van der Waals surface area contributed by atoms with E-state index in [1.807, 2.05) is 0 Å².